The summed E-state index contributed by atoms with van der Waals surface area (Å²) in [6.45, 7) is 8.27. The molecule has 112 valence electrons. The molecule has 0 bridgehead atoms. The molecule has 0 saturated carbocycles. The van der Waals surface area contributed by atoms with Crippen LogP contribution in [0.3, 0.4) is 0 Å². The SMILES string of the molecule is CCOC(=O)C(C)(CCSc1ccccc1)NC(C)C. The average Bonchev–Trinajstić information content (AvgIpc) is 2.39. The number of thioether (sulfide) groups is 1. The molecule has 0 aromatic heterocycles. The van der Waals surface area contributed by atoms with E-state index in [9.17, 15) is 4.79 Å². The van der Waals surface area contributed by atoms with E-state index in [0.29, 0.717) is 6.61 Å². The standard InChI is InChI=1S/C16H25NO2S/c1-5-19-15(18)16(4,17-13(2)3)11-12-20-14-9-7-6-8-10-14/h6-10,13,17H,5,11-12H2,1-4H3. The van der Waals surface area contributed by atoms with Gasteiger partial charge in [-0.2, -0.15) is 0 Å². The predicted molar refractivity (Wildman–Crippen MR) is 85.1 cm³/mol. The molecule has 3 nitrogen and oxygen atoms in total. The van der Waals surface area contributed by atoms with Crippen LogP contribution in [-0.2, 0) is 9.53 Å². The maximum Gasteiger partial charge on any atom is 0.326 e. The Balaban J connectivity index is 2.58. The van der Waals surface area contributed by atoms with Crippen LogP contribution in [0.5, 0.6) is 0 Å². The number of carbonyl (C=O) groups is 1. The van der Waals surface area contributed by atoms with E-state index in [2.05, 4.69) is 17.4 Å². The third-order valence-electron chi connectivity index (χ3n) is 2.95. The Morgan fingerprint density at radius 2 is 2.00 bits per heavy atom. The molecule has 1 aromatic carbocycles. The van der Waals surface area contributed by atoms with Crippen molar-refractivity contribution in [3.8, 4) is 0 Å². The number of nitrogens with one attached hydrogen (secondary N) is 1. The number of esters is 1. The zero-order valence-electron chi connectivity index (χ0n) is 12.8. The molecule has 1 N–H and O–H groups in total. The van der Waals surface area contributed by atoms with E-state index in [1.165, 1.54) is 4.90 Å². The third-order valence-corrected chi connectivity index (χ3v) is 3.96. The lowest BCUT2D eigenvalue weighted by Gasteiger charge is -2.30. The van der Waals surface area contributed by atoms with Crippen molar-refractivity contribution in [3.63, 3.8) is 0 Å². The van der Waals surface area contributed by atoms with Crippen molar-refractivity contribution in [2.24, 2.45) is 0 Å². The second-order valence-corrected chi connectivity index (χ2v) is 6.43. The summed E-state index contributed by atoms with van der Waals surface area (Å²) >= 11 is 1.76. The highest BCUT2D eigenvalue weighted by molar-refractivity contribution is 7.99. The largest absolute Gasteiger partial charge is 0.465 e. The van der Waals surface area contributed by atoms with Crippen molar-refractivity contribution in [1.29, 1.82) is 0 Å². The van der Waals surface area contributed by atoms with Gasteiger partial charge in [-0.05, 0) is 46.2 Å². The molecule has 0 heterocycles. The van der Waals surface area contributed by atoms with Crippen molar-refractivity contribution in [2.75, 3.05) is 12.4 Å². The Bertz CT molecular complexity index is 408. The van der Waals surface area contributed by atoms with Crippen molar-refractivity contribution >= 4 is 17.7 Å². The topological polar surface area (TPSA) is 38.3 Å². The van der Waals surface area contributed by atoms with Crippen LogP contribution in [0.1, 0.15) is 34.1 Å². The van der Waals surface area contributed by atoms with Gasteiger partial charge in [0.05, 0.1) is 6.61 Å². The van der Waals surface area contributed by atoms with Crippen LogP contribution < -0.4 is 5.32 Å². The van der Waals surface area contributed by atoms with Crippen molar-refractivity contribution in [2.45, 2.75) is 50.6 Å². The maximum absolute atomic E-state index is 12.1. The lowest BCUT2D eigenvalue weighted by atomic mass is 9.98. The van der Waals surface area contributed by atoms with Gasteiger partial charge in [-0.1, -0.05) is 18.2 Å². The van der Waals surface area contributed by atoms with E-state index in [-0.39, 0.29) is 12.0 Å². The van der Waals surface area contributed by atoms with Crippen LogP contribution in [0.4, 0.5) is 0 Å². The molecule has 0 amide bonds. The molecule has 1 aromatic rings. The number of hydrogen-bond donors (Lipinski definition) is 1. The first-order chi connectivity index (χ1) is 9.48. The van der Waals surface area contributed by atoms with Crippen molar-refractivity contribution in [1.82, 2.24) is 5.32 Å². The lowest BCUT2D eigenvalue weighted by molar-refractivity contribution is -0.150. The molecule has 0 aliphatic heterocycles. The highest BCUT2D eigenvalue weighted by Gasteiger charge is 2.34. The molecule has 1 rings (SSSR count). The van der Waals surface area contributed by atoms with Crippen LogP contribution in [0, 0.1) is 0 Å². The minimum atomic E-state index is -0.619. The first kappa shape index (κ1) is 17.1. The molecule has 1 unspecified atom stereocenters. The van der Waals surface area contributed by atoms with Crippen LogP contribution in [0.2, 0.25) is 0 Å². The first-order valence-corrected chi connectivity index (χ1v) is 8.09. The summed E-state index contributed by atoms with van der Waals surface area (Å²) in [5.41, 5.74) is -0.619. The molecule has 4 heteroatoms. The van der Waals surface area contributed by atoms with E-state index in [0.717, 1.165) is 12.2 Å². The number of ether oxygens (including phenoxy) is 1. The molecule has 20 heavy (non-hydrogen) atoms. The zero-order chi connectivity index (χ0) is 15.0. The number of rotatable bonds is 8. The Morgan fingerprint density at radius 1 is 1.35 bits per heavy atom. The Morgan fingerprint density at radius 3 is 2.55 bits per heavy atom. The van der Waals surface area contributed by atoms with E-state index in [4.69, 9.17) is 4.74 Å². The first-order valence-electron chi connectivity index (χ1n) is 7.10. The fourth-order valence-electron chi connectivity index (χ4n) is 2.05. The highest BCUT2D eigenvalue weighted by Crippen LogP contribution is 2.23. The van der Waals surface area contributed by atoms with Crippen LogP contribution in [0.25, 0.3) is 0 Å². The second kappa shape index (κ2) is 8.32. The van der Waals surface area contributed by atoms with Gasteiger partial charge < -0.3 is 4.74 Å². The summed E-state index contributed by atoms with van der Waals surface area (Å²) in [5.74, 6) is 0.710. The van der Waals surface area contributed by atoms with E-state index in [1.807, 2.05) is 45.9 Å². The summed E-state index contributed by atoms with van der Waals surface area (Å²) in [6.07, 6.45) is 0.740. The third kappa shape index (κ3) is 5.55. The summed E-state index contributed by atoms with van der Waals surface area (Å²) in [6, 6.07) is 10.5. The van der Waals surface area contributed by atoms with Crippen LogP contribution in [0.15, 0.2) is 35.2 Å². The number of hydrogen-bond acceptors (Lipinski definition) is 4. The summed E-state index contributed by atoms with van der Waals surface area (Å²) in [5, 5.41) is 3.34. The summed E-state index contributed by atoms with van der Waals surface area (Å²) in [4.78, 5) is 13.4. The predicted octanol–water partition coefficient (Wildman–Crippen LogP) is 3.49. The molecular weight excluding hydrogens is 270 g/mol. The molecule has 0 fully saturated rings. The molecule has 0 saturated heterocycles. The minimum absolute atomic E-state index is 0.164. The van der Waals surface area contributed by atoms with Gasteiger partial charge in [0.2, 0.25) is 0 Å². The van der Waals surface area contributed by atoms with E-state index >= 15 is 0 Å². The zero-order valence-corrected chi connectivity index (χ0v) is 13.6. The molecule has 0 radical (unpaired) electrons. The van der Waals surface area contributed by atoms with Gasteiger partial charge in [0.15, 0.2) is 0 Å². The molecule has 0 spiro atoms. The fraction of sp³-hybridized carbons (Fsp3) is 0.562. The van der Waals surface area contributed by atoms with Gasteiger partial charge in [0.1, 0.15) is 5.54 Å². The average molecular weight is 295 g/mol. The van der Waals surface area contributed by atoms with Gasteiger partial charge >= 0.3 is 5.97 Å². The summed E-state index contributed by atoms with van der Waals surface area (Å²) < 4.78 is 5.20. The van der Waals surface area contributed by atoms with Crippen LogP contribution in [-0.4, -0.2) is 29.9 Å². The number of carbonyl (C=O) groups excluding carboxylic acids is 1. The molecule has 0 aliphatic carbocycles. The smallest absolute Gasteiger partial charge is 0.326 e. The highest BCUT2D eigenvalue weighted by atomic mass is 32.2. The normalized spacial score (nSPS) is 14.1. The van der Waals surface area contributed by atoms with E-state index in [1.54, 1.807) is 11.8 Å². The second-order valence-electron chi connectivity index (χ2n) is 5.26. The Kier molecular flexibility index (Phi) is 7.10. The molecule has 0 aliphatic rings. The van der Waals surface area contributed by atoms with Crippen LogP contribution >= 0.6 is 11.8 Å². The van der Waals surface area contributed by atoms with Crippen molar-refractivity contribution < 1.29 is 9.53 Å². The Labute approximate surface area is 126 Å². The fourth-order valence-corrected chi connectivity index (χ4v) is 3.15. The Hall–Kier alpha value is -1.00. The van der Waals surface area contributed by atoms with Gasteiger partial charge in [-0.15, -0.1) is 11.8 Å². The number of benzene rings is 1. The monoisotopic (exact) mass is 295 g/mol. The molecular formula is C16H25NO2S. The van der Waals surface area contributed by atoms with Gasteiger partial charge in [0.25, 0.3) is 0 Å². The minimum Gasteiger partial charge on any atom is -0.465 e. The quantitative estimate of drug-likeness (QED) is 0.588. The lowest BCUT2D eigenvalue weighted by Crippen LogP contribution is -2.53. The van der Waals surface area contributed by atoms with Gasteiger partial charge in [0, 0.05) is 16.7 Å². The maximum atomic E-state index is 12.1. The summed E-state index contributed by atoms with van der Waals surface area (Å²) in [7, 11) is 0. The van der Waals surface area contributed by atoms with E-state index < -0.39 is 5.54 Å². The van der Waals surface area contributed by atoms with Crippen molar-refractivity contribution in [3.05, 3.63) is 30.3 Å². The van der Waals surface area contributed by atoms with Gasteiger partial charge in [-0.3, -0.25) is 10.1 Å². The molecule has 1 atom stereocenters. The van der Waals surface area contributed by atoms with Gasteiger partial charge in [-0.25, -0.2) is 0 Å².